The van der Waals surface area contributed by atoms with Crippen LogP contribution >= 0.6 is 0 Å². The summed E-state index contributed by atoms with van der Waals surface area (Å²) in [5, 5.41) is 0. The molecule has 0 fully saturated rings. The largest absolute Gasteiger partial charge is 0.0905 e. The smallest absolute Gasteiger partial charge is 0.0105 e. The summed E-state index contributed by atoms with van der Waals surface area (Å²) >= 11 is 0. The molecule has 0 heteroatoms. The van der Waals surface area contributed by atoms with E-state index in [1.807, 2.05) is 6.07 Å². The Kier molecular flexibility index (Phi) is 2.22. The lowest BCUT2D eigenvalue weighted by atomic mass is 9.98. The van der Waals surface area contributed by atoms with Gasteiger partial charge in [-0.3, -0.25) is 0 Å². The fourth-order valence-corrected chi connectivity index (χ4v) is 2.32. The second-order valence-corrected chi connectivity index (χ2v) is 4.49. The predicted molar refractivity (Wildman–Crippen MR) is 74.5 cm³/mol. The van der Waals surface area contributed by atoms with Gasteiger partial charge in [0.05, 0.1) is 0 Å². The van der Waals surface area contributed by atoms with Crippen molar-refractivity contribution in [3.8, 4) is 0 Å². The standard InChI is InChI=1S/C17H14/c1-12-8-9-15-11-17(13(2)16(15)10-12)14-6-4-3-5-7-14/h3-11H,2H2,1H3. The minimum atomic E-state index is 1.13. The quantitative estimate of drug-likeness (QED) is 0.658. The number of hydrogen-bond donors (Lipinski definition) is 0. The maximum Gasteiger partial charge on any atom is -0.0105 e. The van der Waals surface area contributed by atoms with Gasteiger partial charge in [-0.15, -0.1) is 0 Å². The van der Waals surface area contributed by atoms with Crippen molar-refractivity contribution in [3.63, 3.8) is 0 Å². The first-order chi connectivity index (χ1) is 8.25. The number of benzene rings is 2. The molecular formula is C17H14. The van der Waals surface area contributed by atoms with Crippen LogP contribution in [-0.2, 0) is 0 Å². The highest BCUT2D eigenvalue weighted by Gasteiger charge is 2.17. The van der Waals surface area contributed by atoms with Gasteiger partial charge in [-0.2, -0.15) is 0 Å². The van der Waals surface area contributed by atoms with Gasteiger partial charge in [0.1, 0.15) is 0 Å². The van der Waals surface area contributed by atoms with Crippen molar-refractivity contribution in [3.05, 3.63) is 77.4 Å². The lowest BCUT2D eigenvalue weighted by molar-refractivity contribution is 1.45. The SMILES string of the molecule is C=C1C(c2ccccc2)=Cc2ccc(C)cc21. The average Bonchev–Trinajstić information content (AvgIpc) is 2.68. The molecule has 0 aromatic heterocycles. The molecule has 1 aliphatic carbocycles. The summed E-state index contributed by atoms with van der Waals surface area (Å²) in [4.78, 5) is 0. The Bertz CT molecular complexity index is 616. The highest BCUT2D eigenvalue weighted by atomic mass is 14.2. The lowest BCUT2D eigenvalue weighted by Crippen LogP contribution is -1.84. The summed E-state index contributed by atoms with van der Waals surface area (Å²) in [6.45, 7) is 6.35. The van der Waals surface area contributed by atoms with E-state index < -0.39 is 0 Å². The minimum Gasteiger partial charge on any atom is -0.0905 e. The van der Waals surface area contributed by atoms with Gasteiger partial charge in [-0.1, -0.05) is 60.7 Å². The van der Waals surface area contributed by atoms with Crippen molar-refractivity contribution in [2.45, 2.75) is 6.92 Å². The molecule has 0 atom stereocenters. The molecular weight excluding hydrogens is 204 g/mol. The van der Waals surface area contributed by atoms with E-state index in [1.165, 1.54) is 27.8 Å². The van der Waals surface area contributed by atoms with Crippen LogP contribution in [0, 0.1) is 6.92 Å². The summed E-state index contributed by atoms with van der Waals surface area (Å²) in [6.07, 6.45) is 2.23. The van der Waals surface area contributed by atoms with Gasteiger partial charge >= 0.3 is 0 Å². The van der Waals surface area contributed by atoms with Gasteiger partial charge < -0.3 is 0 Å². The molecule has 82 valence electrons. The van der Waals surface area contributed by atoms with Crippen LogP contribution in [0.1, 0.15) is 22.3 Å². The first-order valence-electron chi connectivity index (χ1n) is 5.83. The molecule has 0 nitrogen and oxygen atoms in total. The third kappa shape index (κ3) is 1.62. The highest BCUT2D eigenvalue weighted by molar-refractivity contribution is 6.16. The molecule has 0 bridgehead atoms. The van der Waals surface area contributed by atoms with Gasteiger partial charge in [-0.05, 0) is 40.8 Å². The van der Waals surface area contributed by atoms with Gasteiger partial charge in [0.2, 0.25) is 0 Å². The van der Waals surface area contributed by atoms with E-state index >= 15 is 0 Å². The number of fused-ring (bicyclic) bond motifs is 1. The van der Waals surface area contributed by atoms with Crippen LogP contribution in [0.3, 0.4) is 0 Å². The van der Waals surface area contributed by atoms with Crippen LogP contribution in [0.25, 0.3) is 17.2 Å². The zero-order valence-corrected chi connectivity index (χ0v) is 9.90. The highest BCUT2D eigenvalue weighted by Crippen LogP contribution is 2.40. The number of hydrogen-bond acceptors (Lipinski definition) is 0. The van der Waals surface area contributed by atoms with Gasteiger partial charge in [0.15, 0.2) is 0 Å². The van der Waals surface area contributed by atoms with E-state index in [0.29, 0.717) is 0 Å². The van der Waals surface area contributed by atoms with Crippen molar-refractivity contribution in [1.82, 2.24) is 0 Å². The Labute approximate surface area is 102 Å². The van der Waals surface area contributed by atoms with E-state index in [0.717, 1.165) is 5.57 Å². The van der Waals surface area contributed by atoms with Crippen LogP contribution in [0.5, 0.6) is 0 Å². The maximum atomic E-state index is 4.23. The number of rotatable bonds is 1. The Morgan fingerprint density at radius 3 is 2.47 bits per heavy atom. The molecule has 0 heterocycles. The Balaban J connectivity index is 2.11. The fraction of sp³-hybridized carbons (Fsp3) is 0.0588. The summed E-state index contributed by atoms with van der Waals surface area (Å²) in [5.74, 6) is 0. The summed E-state index contributed by atoms with van der Waals surface area (Å²) < 4.78 is 0. The van der Waals surface area contributed by atoms with Crippen LogP contribution in [-0.4, -0.2) is 0 Å². The van der Waals surface area contributed by atoms with E-state index in [1.54, 1.807) is 0 Å². The summed E-state index contributed by atoms with van der Waals surface area (Å²) in [6, 6.07) is 17.0. The molecule has 2 aromatic rings. The molecule has 1 aliphatic rings. The Morgan fingerprint density at radius 2 is 1.71 bits per heavy atom. The molecule has 0 amide bonds. The monoisotopic (exact) mass is 218 g/mol. The van der Waals surface area contributed by atoms with Crippen LogP contribution in [0.4, 0.5) is 0 Å². The molecule has 0 radical (unpaired) electrons. The molecule has 0 saturated heterocycles. The van der Waals surface area contributed by atoms with Crippen molar-refractivity contribution in [2.24, 2.45) is 0 Å². The molecule has 0 unspecified atom stereocenters. The third-order valence-electron chi connectivity index (χ3n) is 3.24. The molecule has 0 saturated carbocycles. The summed E-state index contributed by atoms with van der Waals surface area (Å²) in [7, 11) is 0. The number of aryl methyl sites for hydroxylation is 1. The Hall–Kier alpha value is -2.08. The molecule has 0 N–H and O–H groups in total. The minimum absolute atomic E-state index is 1.13. The second kappa shape index (κ2) is 3.74. The first-order valence-corrected chi connectivity index (χ1v) is 5.83. The van der Waals surface area contributed by atoms with Crippen molar-refractivity contribution in [2.75, 3.05) is 0 Å². The Morgan fingerprint density at radius 1 is 0.941 bits per heavy atom. The molecule has 2 aromatic carbocycles. The van der Waals surface area contributed by atoms with E-state index in [-0.39, 0.29) is 0 Å². The second-order valence-electron chi connectivity index (χ2n) is 4.49. The topological polar surface area (TPSA) is 0 Å². The maximum absolute atomic E-state index is 4.23. The third-order valence-corrected chi connectivity index (χ3v) is 3.24. The van der Waals surface area contributed by atoms with Crippen LogP contribution in [0.2, 0.25) is 0 Å². The van der Waals surface area contributed by atoms with E-state index in [2.05, 4.69) is 62.0 Å². The van der Waals surface area contributed by atoms with Gasteiger partial charge in [-0.25, -0.2) is 0 Å². The molecule has 0 aliphatic heterocycles. The van der Waals surface area contributed by atoms with Crippen LogP contribution < -0.4 is 0 Å². The van der Waals surface area contributed by atoms with Crippen molar-refractivity contribution in [1.29, 1.82) is 0 Å². The van der Waals surface area contributed by atoms with Crippen molar-refractivity contribution >= 4 is 17.2 Å². The first kappa shape index (κ1) is 10.1. The van der Waals surface area contributed by atoms with Gasteiger partial charge in [0, 0.05) is 0 Å². The van der Waals surface area contributed by atoms with E-state index in [4.69, 9.17) is 0 Å². The zero-order valence-electron chi connectivity index (χ0n) is 9.90. The zero-order chi connectivity index (χ0) is 11.8. The van der Waals surface area contributed by atoms with Crippen LogP contribution in [0.15, 0.2) is 55.1 Å². The van der Waals surface area contributed by atoms with E-state index in [9.17, 15) is 0 Å². The average molecular weight is 218 g/mol. The summed E-state index contributed by atoms with van der Waals surface area (Å²) in [5.41, 5.74) is 7.45. The van der Waals surface area contributed by atoms with Gasteiger partial charge in [0.25, 0.3) is 0 Å². The fourth-order valence-electron chi connectivity index (χ4n) is 2.32. The number of allylic oxidation sites excluding steroid dienone is 2. The lowest BCUT2D eigenvalue weighted by Gasteiger charge is -2.06. The molecule has 17 heavy (non-hydrogen) atoms. The molecule has 0 spiro atoms. The predicted octanol–water partition coefficient (Wildman–Crippen LogP) is 4.56. The van der Waals surface area contributed by atoms with Crippen molar-refractivity contribution < 1.29 is 0 Å². The normalized spacial score (nSPS) is 13.5. The molecule has 3 rings (SSSR count).